The predicted octanol–water partition coefficient (Wildman–Crippen LogP) is 3.76. The van der Waals surface area contributed by atoms with Gasteiger partial charge in [-0.25, -0.2) is 4.68 Å². The van der Waals surface area contributed by atoms with Gasteiger partial charge in [0.2, 0.25) is 0 Å². The first-order chi connectivity index (χ1) is 15.1. The molecule has 4 aromatic rings. The lowest BCUT2D eigenvalue weighted by atomic mass is 9.87. The zero-order chi connectivity index (χ0) is 21.4. The molecule has 31 heavy (non-hydrogen) atoms. The third kappa shape index (κ3) is 3.40. The molecule has 3 aromatic carbocycles. The lowest BCUT2D eigenvalue weighted by molar-refractivity contribution is -0.132. The first-order valence-corrected chi connectivity index (χ1v) is 10.3. The standard InChI is InChI=1S/C24H19ClN4O2/c25-19-12-10-18(11-13-19)24(31)21-8-4-5-9-22(21)29(23(24)30)16-20-15-28(27-26-20)14-17-6-2-1-3-7-17/h1-13,15,31H,14,16H2. The number of anilines is 1. The van der Waals surface area contributed by atoms with Crippen LogP contribution < -0.4 is 4.90 Å². The molecule has 0 saturated carbocycles. The molecule has 5 rings (SSSR count). The summed E-state index contributed by atoms with van der Waals surface area (Å²) in [5.41, 5.74) is 1.64. The second-order valence-electron chi connectivity index (χ2n) is 7.52. The van der Waals surface area contributed by atoms with Crippen molar-refractivity contribution in [2.24, 2.45) is 0 Å². The molecular weight excluding hydrogens is 412 g/mol. The number of aliphatic hydroxyl groups is 1. The molecule has 1 amide bonds. The molecule has 0 spiro atoms. The number of carbonyl (C=O) groups excluding carboxylic acids is 1. The van der Waals surface area contributed by atoms with Crippen LogP contribution in [0.2, 0.25) is 5.02 Å². The normalized spacial score (nSPS) is 17.7. The van der Waals surface area contributed by atoms with Crippen LogP contribution >= 0.6 is 11.6 Å². The summed E-state index contributed by atoms with van der Waals surface area (Å²) in [6, 6.07) is 23.9. The lowest BCUT2D eigenvalue weighted by Crippen LogP contribution is -2.40. The summed E-state index contributed by atoms with van der Waals surface area (Å²) in [7, 11) is 0. The van der Waals surface area contributed by atoms with E-state index in [-0.39, 0.29) is 6.54 Å². The summed E-state index contributed by atoms with van der Waals surface area (Å²) in [5.74, 6) is -0.423. The number of fused-ring (bicyclic) bond motifs is 1. The largest absolute Gasteiger partial charge is 0.372 e. The quantitative estimate of drug-likeness (QED) is 0.523. The van der Waals surface area contributed by atoms with E-state index in [9.17, 15) is 9.90 Å². The van der Waals surface area contributed by atoms with Gasteiger partial charge in [0.15, 0.2) is 5.60 Å². The molecule has 0 saturated heterocycles. The van der Waals surface area contributed by atoms with Gasteiger partial charge in [-0.2, -0.15) is 0 Å². The van der Waals surface area contributed by atoms with E-state index in [1.165, 1.54) is 0 Å². The van der Waals surface area contributed by atoms with Crippen molar-refractivity contribution < 1.29 is 9.90 Å². The SMILES string of the molecule is O=C1N(Cc2cn(Cc3ccccc3)nn2)c2ccccc2C1(O)c1ccc(Cl)cc1. The van der Waals surface area contributed by atoms with Crippen LogP contribution in [0.4, 0.5) is 5.69 Å². The van der Waals surface area contributed by atoms with Crippen LogP contribution in [-0.2, 0) is 23.5 Å². The van der Waals surface area contributed by atoms with Gasteiger partial charge in [0.05, 0.1) is 25.0 Å². The van der Waals surface area contributed by atoms with Crippen molar-refractivity contribution in [3.8, 4) is 0 Å². The van der Waals surface area contributed by atoms with Crippen molar-refractivity contribution in [2.75, 3.05) is 4.90 Å². The molecule has 1 unspecified atom stereocenters. The number of rotatable bonds is 5. The Morgan fingerprint density at radius 1 is 0.903 bits per heavy atom. The van der Waals surface area contributed by atoms with Gasteiger partial charge < -0.3 is 10.0 Å². The highest BCUT2D eigenvalue weighted by Crippen LogP contribution is 2.44. The Morgan fingerprint density at radius 3 is 2.39 bits per heavy atom. The minimum Gasteiger partial charge on any atom is -0.372 e. The second kappa shape index (κ2) is 7.65. The molecular formula is C24H19ClN4O2. The van der Waals surface area contributed by atoms with Crippen molar-refractivity contribution in [3.05, 3.63) is 112 Å². The van der Waals surface area contributed by atoms with Crippen molar-refractivity contribution in [2.45, 2.75) is 18.7 Å². The molecule has 0 aliphatic carbocycles. The van der Waals surface area contributed by atoms with Gasteiger partial charge in [0.1, 0.15) is 5.69 Å². The van der Waals surface area contributed by atoms with Gasteiger partial charge in [0.25, 0.3) is 5.91 Å². The Hall–Kier alpha value is -3.48. The van der Waals surface area contributed by atoms with Crippen molar-refractivity contribution >= 4 is 23.2 Å². The summed E-state index contributed by atoms with van der Waals surface area (Å²) >= 11 is 6.00. The number of carbonyl (C=O) groups is 1. The highest BCUT2D eigenvalue weighted by molar-refractivity contribution is 6.30. The Labute approximate surface area is 184 Å². The summed E-state index contributed by atoms with van der Waals surface area (Å²) in [4.78, 5) is 15.0. The minimum atomic E-state index is -1.78. The number of amides is 1. The monoisotopic (exact) mass is 430 g/mol. The van der Waals surface area contributed by atoms with Crippen molar-refractivity contribution in [1.29, 1.82) is 0 Å². The van der Waals surface area contributed by atoms with Crippen LogP contribution in [0.5, 0.6) is 0 Å². The van der Waals surface area contributed by atoms with E-state index in [1.54, 1.807) is 39.9 Å². The smallest absolute Gasteiger partial charge is 0.268 e. The fourth-order valence-electron chi connectivity index (χ4n) is 3.98. The fraction of sp³-hybridized carbons (Fsp3) is 0.125. The molecule has 1 aromatic heterocycles. The number of hydrogen-bond acceptors (Lipinski definition) is 4. The summed E-state index contributed by atoms with van der Waals surface area (Å²) < 4.78 is 1.74. The van der Waals surface area contributed by atoms with E-state index in [0.717, 1.165) is 5.56 Å². The Balaban J connectivity index is 1.45. The summed E-state index contributed by atoms with van der Waals surface area (Å²) in [6.45, 7) is 0.799. The van der Waals surface area contributed by atoms with Gasteiger partial charge in [-0.05, 0) is 29.3 Å². The zero-order valence-corrected chi connectivity index (χ0v) is 17.3. The van der Waals surface area contributed by atoms with Crippen LogP contribution in [0.15, 0.2) is 85.1 Å². The summed E-state index contributed by atoms with van der Waals surface area (Å²) in [5, 5.41) is 20.5. The second-order valence-corrected chi connectivity index (χ2v) is 7.96. The van der Waals surface area contributed by atoms with Crippen LogP contribution in [0.3, 0.4) is 0 Å². The lowest BCUT2D eigenvalue weighted by Gasteiger charge is -2.23. The Kier molecular flexibility index (Phi) is 4.81. The van der Waals surface area contributed by atoms with Crippen LogP contribution in [0.25, 0.3) is 0 Å². The number of nitrogens with zero attached hydrogens (tertiary/aromatic N) is 4. The van der Waals surface area contributed by atoms with E-state index in [4.69, 9.17) is 11.6 Å². The van der Waals surface area contributed by atoms with Crippen molar-refractivity contribution in [3.63, 3.8) is 0 Å². The molecule has 1 atom stereocenters. The molecule has 2 heterocycles. The van der Waals surface area contributed by atoms with Gasteiger partial charge in [0, 0.05) is 10.6 Å². The minimum absolute atomic E-state index is 0.209. The molecule has 7 heteroatoms. The number of hydrogen-bond donors (Lipinski definition) is 1. The van der Waals surface area contributed by atoms with E-state index in [1.807, 2.05) is 54.7 Å². The van der Waals surface area contributed by atoms with Gasteiger partial charge in [-0.3, -0.25) is 4.79 Å². The van der Waals surface area contributed by atoms with E-state index >= 15 is 0 Å². The van der Waals surface area contributed by atoms with Gasteiger partial charge in [-0.15, -0.1) is 5.10 Å². The van der Waals surface area contributed by atoms with Crippen LogP contribution in [0.1, 0.15) is 22.4 Å². The molecule has 0 fully saturated rings. The molecule has 0 radical (unpaired) electrons. The average Bonchev–Trinajstić information content (AvgIpc) is 3.32. The molecule has 154 valence electrons. The van der Waals surface area contributed by atoms with Crippen molar-refractivity contribution in [1.82, 2.24) is 15.0 Å². The molecule has 1 aliphatic rings. The number of para-hydroxylation sites is 1. The molecule has 6 nitrogen and oxygen atoms in total. The average molecular weight is 431 g/mol. The molecule has 1 aliphatic heterocycles. The maximum Gasteiger partial charge on any atom is 0.268 e. The van der Waals surface area contributed by atoms with Gasteiger partial charge in [-0.1, -0.05) is 77.5 Å². The van der Waals surface area contributed by atoms with E-state index in [2.05, 4.69) is 10.3 Å². The highest BCUT2D eigenvalue weighted by Gasteiger charge is 2.51. The Morgan fingerprint density at radius 2 is 1.61 bits per heavy atom. The third-order valence-electron chi connectivity index (χ3n) is 5.49. The number of halogens is 1. The maximum absolute atomic E-state index is 13.5. The zero-order valence-electron chi connectivity index (χ0n) is 16.5. The van der Waals surface area contributed by atoms with E-state index < -0.39 is 11.5 Å². The fourth-order valence-corrected chi connectivity index (χ4v) is 4.11. The summed E-state index contributed by atoms with van der Waals surface area (Å²) in [6.07, 6.45) is 1.82. The highest BCUT2D eigenvalue weighted by atomic mass is 35.5. The van der Waals surface area contributed by atoms with Gasteiger partial charge >= 0.3 is 0 Å². The number of benzene rings is 3. The molecule has 1 N–H and O–H groups in total. The molecule has 0 bridgehead atoms. The number of aromatic nitrogens is 3. The topological polar surface area (TPSA) is 71.2 Å². The van der Waals surface area contributed by atoms with E-state index in [0.29, 0.717) is 34.1 Å². The third-order valence-corrected chi connectivity index (χ3v) is 5.75. The van der Waals surface area contributed by atoms with Crippen LogP contribution in [0, 0.1) is 0 Å². The van der Waals surface area contributed by atoms with Crippen LogP contribution in [-0.4, -0.2) is 26.0 Å². The first-order valence-electron chi connectivity index (χ1n) is 9.88. The predicted molar refractivity (Wildman–Crippen MR) is 118 cm³/mol. The first kappa shape index (κ1) is 19.5. The Bertz CT molecular complexity index is 1240. The maximum atomic E-state index is 13.5.